The van der Waals surface area contributed by atoms with Crippen molar-refractivity contribution < 1.29 is 4.52 Å². The summed E-state index contributed by atoms with van der Waals surface area (Å²) in [6.45, 7) is 4.68. The summed E-state index contributed by atoms with van der Waals surface area (Å²) in [6, 6.07) is 10.7. The third kappa shape index (κ3) is 4.34. The van der Waals surface area contributed by atoms with Crippen LogP contribution in [0.1, 0.15) is 23.7 Å². The van der Waals surface area contributed by atoms with Crippen molar-refractivity contribution in [1.82, 2.24) is 20.4 Å². The Balaban J connectivity index is 1.46. The number of benzene rings is 1. The molecule has 1 aliphatic rings. The number of nitrogens with one attached hydrogen (secondary N) is 1. The van der Waals surface area contributed by atoms with Crippen molar-refractivity contribution in [2.45, 2.75) is 26.2 Å². The summed E-state index contributed by atoms with van der Waals surface area (Å²) in [5, 5.41) is 7.21. The molecule has 6 heteroatoms. The lowest BCUT2D eigenvalue weighted by Gasteiger charge is -2.21. The number of nitrogens with zero attached hydrogens (tertiary/aromatic N) is 4. The van der Waals surface area contributed by atoms with Crippen LogP contribution in [0, 0.1) is 12.8 Å². The van der Waals surface area contributed by atoms with Gasteiger partial charge in [-0.2, -0.15) is 4.98 Å². The van der Waals surface area contributed by atoms with Gasteiger partial charge in [0, 0.05) is 33.1 Å². The van der Waals surface area contributed by atoms with Crippen molar-refractivity contribution >= 4 is 5.96 Å². The molecule has 2 heterocycles. The Morgan fingerprint density at radius 1 is 1.38 bits per heavy atom. The van der Waals surface area contributed by atoms with Crippen LogP contribution in [0.5, 0.6) is 0 Å². The average Bonchev–Trinajstić information content (AvgIpc) is 3.22. The third-order valence-electron chi connectivity index (χ3n) is 4.36. The van der Waals surface area contributed by atoms with Gasteiger partial charge in [-0.1, -0.05) is 35.5 Å². The number of hydrogen-bond donors (Lipinski definition) is 1. The van der Waals surface area contributed by atoms with Gasteiger partial charge in [0.2, 0.25) is 5.89 Å². The monoisotopic (exact) mass is 327 g/mol. The second-order valence-electron chi connectivity index (χ2n) is 6.25. The second kappa shape index (κ2) is 7.95. The van der Waals surface area contributed by atoms with E-state index in [-0.39, 0.29) is 0 Å². The lowest BCUT2D eigenvalue weighted by Crippen LogP contribution is -2.41. The molecule has 1 unspecified atom stereocenters. The maximum absolute atomic E-state index is 5.13. The third-order valence-corrected chi connectivity index (χ3v) is 4.36. The molecule has 24 heavy (non-hydrogen) atoms. The van der Waals surface area contributed by atoms with Gasteiger partial charge in [0.15, 0.2) is 11.8 Å². The number of aryl methyl sites for hydroxylation is 1. The van der Waals surface area contributed by atoms with E-state index in [1.807, 2.05) is 14.0 Å². The number of aliphatic imine (C=N–C) groups is 1. The molecule has 0 radical (unpaired) electrons. The summed E-state index contributed by atoms with van der Waals surface area (Å²) >= 11 is 0. The van der Waals surface area contributed by atoms with E-state index in [1.54, 1.807) is 0 Å². The zero-order valence-electron chi connectivity index (χ0n) is 14.4. The van der Waals surface area contributed by atoms with Gasteiger partial charge in [0.1, 0.15) is 0 Å². The Kier molecular flexibility index (Phi) is 5.46. The fourth-order valence-electron chi connectivity index (χ4n) is 3.19. The highest BCUT2D eigenvalue weighted by Gasteiger charge is 2.24. The van der Waals surface area contributed by atoms with Crippen molar-refractivity contribution in [1.29, 1.82) is 0 Å². The molecule has 0 bridgehead atoms. The van der Waals surface area contributed by atoms with Gasteiger partial charge in [-0.25, -0.2) is 0 Å². The first kappa shape index (κ1) is 16.5. The topological polar surface area (TPSA) is 66.5 Å². The lowest BCUT2D eigenvalue weighted by molar-refractivity contribution is 0.373. The van der Waals surface area contributed by atoms with Gasteiger partial charge in [-0.15, -0.1) is 0 Å². The highest BCUT2D eigenvalue weighted by molar-refractivity contribution is 5.80. The molecule has 3 rings (SSSR count). The molecular formula is C18H25N5O. The zero-order chi connectivity index (χ0) is 16.8. The number of guanidine groups is 1. The van der Waals surface area contributed by atoms with E-state index in [9.17, 15) is 0 Å². The minimum absolute atomic E-state index is 0.666. The fraction of sp³-hybridized carbons (Fsp3) is 0.500. The van der Waals surface area contributed by atoms with E-state index in [0.717, 1.165) is 32.0 Å². The number of hydrogen-bond acceptors (Lipinski definition) is 4. The summed E-state index contributed by atoms with van der Waals surface area (Å²) in [7, 11) is 1.84. The fourth-order valence-corrected chi connectivity index (χ4v) is 3.19. The smallest absolute Gasteiger partial charge is 0.228 e. The first-order valence-electron chi connectivity index (χ1n) is 8.53. The molecule has 1 saturated heterocycles. The Morgan fingerprint density at radius 3 is 2.92 bits per heavy atom. The van der Waals surface area contributed by atoms with E-state index in [0.29, 0.717) is 24.1 Å². The van der Waals surface area contributed by atoms with E-state index in [2.05, 4.69) is 55.7 Å². The molecule has 128 valence electrons. The van der Waals surface area contributed by atoms with Gasteiger partial charge < -0.3 is 14.7 Å². The normalized spacial score (nSPS) is 18.2. The van der Waals surface area contributed by atoms with Crippen LogP contribution in [0.4, 0.5) is 0 Å². The predicted molar refractivity (Wildman–Crippen MR) is 93.9 cm³/mol. The maximum atomic E-state index is 5.13. The van der Waals surface area contributed by atoms with Gasteiger partial charge in [-0.05, 0) is 31.2 Å². The Bertz CT molecular complexity index is 667. The van der Waals surface area contributed by atoms with E-state index < -0.39 is 0 Å². The highest BCUT2D eigenvalue weighted by Crippen LogP contribution is 2.20. The molecule has 1 aliphatic heterocycles. The molecule has 2 aromatic rings. The second-order valence-corrected chi connectivity index (χ2v) is 6.25. The molecule has 0 spiro atoms. The molecule has 0 amide bonds. The Labute approximate surface area is 143 Å². The predicted octanol–water partition coefficient (Wildman–Crippen LogP) is 2.06. The minimum Gasteiger partial charge on any atom is -0.356 e. The van der Waals surface area contributed by atoms with Crippen LogP contribution in [0.2, 0.25) is 0 Å². The minimum atomic E-state index is 0.666. The van der Waals surface area contributed by atoms with Crippen molar-refractivity contribution in [3.8, 4) is 0 Å². The van der Waals surface area contributed by atoms with Crippen LogP contribution in [0.3, 0.4) is 0 Å². The van der Waals surface area contributed by atoms with Crippen LogP contribution in [-0.4, -0.2) is 47.7 Å². The summed E-state index contributed by atoms with van der Waals surface area (Å²) in [4.78, 5) is 11.0. The average molecular weight is 327 g/mol. The molecular weight excluding hydrogens is 302 g/mol. The van der Waals surface area contributed by atoms with Crippen LogP contribution in [0.15, 0.2) is 39.8 Å². The van der Waals surface area contributed by atoms with Gasteiger partial charge >= 0.3 is 0 Å². The van der Waals surface area contributed by atoms with E-state index >= 15 is 0 Å². The molecule has 1 fully saturated rings. The van der Waals surface area contributed by atoms with Gasteiger partial charge in [0.05, 0.1) is 0 Å². The first-order chi connectivity index (χ1) is 11.7. The summed E-state index contributed by atoms with van der Waals surface area (Å²) in [5.41, 5.74) is 1.42. The Hall–Kier alpha value is -2.37. The summed E-state index contributed by atoms with van der Waals surface area (Å²) in [5.74, 6) is 2.99. The van der Waals surface area contributed by atoms with Crippen molar-refractivity contribution in [2.75, 3.05) is 26.7 Å². The van der Waals surface area contributed by atoms with Crippen LogP contribution >= 0.6 is 0 Å². The van der Waals surface area contributed by atoms with Crippen molar-refractivity contribution in [2.24, 2.45) is 10.9 Å². The summed E-state index contributed by atoms with van der Waals surface area (Å²) < 4.78 is 5.13. The van der Waals surface area contributed by atoms with E-state index in [1.165, 1.54) is 12.0 Å². The molecule has 1 aromatic carbocycles. The van der Waals surface area contributed by atoms with Crippen LogP contribution < -0.4 is 5.32 Å². The molecule has 1 aromatic heterocycles. The van der Waals surface area contributed by atoms with Gasteiger partial charge in [-0.3, -0.25) is 4.99 Å². The molecule has 1 atom stereocenters. The molecule has 0 saturated carbocycles. The molecule has 6 nitrogen and oxygen atoms in total. The maximum Gasteiger partial charge on any atom is 0.228 e. The first-order valence-corrected chi connectivity index (χ1v) is 8.53. The van der Waals surface area contributed by atoms with Gasteiger partial charge in [0.25, 0.3) is 0 Å². The number of likely N-dealkylation sites (tertiary alicyclic amines) is 1. The highest BCUT2D eigenvalue weighted by atomic mass is 16.5. The van der Waals surface area contributed by atoms with E-state index in [4.69, 9.17) is 4.52 Å². The van der Waals surface area contributed by atoms with Crippen molar-refractivity contribution in [3.63, 3.8) is 0 Å². The summed E-state index contributed by atoms with van der Waals surface area (Å²) in [6.07, 6.45) is 3.05. The number of rotatable bonds is 5. The lowest BCUT2D eigenvalue weighted by atomic mass is 9.99. The SMILES string of the molecule is CN=C(NCCc1nc(C)no1)N1CCC(Cc2ccccc2)C1. The number of aromatic nitrogens is 2. The quantitative estimate of drug-likeness (QED) is 0.672. The largest absolute Gasteiger partial charge is 0.356 e. The molecule has 0 aliphatic carbocycles. The van der Waals surface area contributed by atoms with Crippen LogP contribution in [0.25, 0.3) is 0 Å². The molecule has 1 N–H and O–H groups in total. The Morgan fingerprint density at radius 2 is 2.21 bits per heavy atom. The standard InChI is InChI=1S/C18H25N5O/c1-14-21-17(24-22-14)8-10-20-18(19-2)23-11-9-16(13-23)12-15-6-4-3-5-7-15/h3-7,16H,8-13H2,1-2H3,(H,19,20). The van der Waals surface area contributed by atoms with Crippen LogP contribution in [-0.2, 0) is 12.8 Å². The zero-order valence-corrected chi connectivity index (χ0v) is 14.4. The van der Waals surface area contributed by atoms with Crippen molar-refractivity contribution in [3.05, 3.63) is 47.6 Å².